The van der Waals surface area contributed by atoms with Crippen LogP contribution < -0.4 is 0 Å². The second kappa shape index (κ2) is 5.48. The van der Waals surface area contributed by atoms with Gasteiger partial charge in [-0.3, -0.25) is 9.88 Å². The van der Waals surface area contributed by atoms with Crippen molar-refractivity contribution in [3.63, 3.8) is 0 Å². The van der Waals surface area contributed by atoms with Gasteiger partial charge in [0, 0.05) is 29.9 Å². The van der Waals surface area contributed by atoms with Gasteiger partial charge in [0.05, 0.1) is 0 Å². The van der Waals surface area contributed by atoms with Crippen molar-refractivity contribution in [2.24, 2.45) is 5.92 Å². The van der Waals surface area contributed by atoms with E-state index in [0.29, 0.717) is 23.8 Å². The number of aromatic nitrogens is 1. The van der Waals surface area contributed by atoms with Crippen LogP contribution >= 0.6 is 0 Å². The largest absolute Gasteiger partial charge is 0.299 e. The summed E-state index contributed by atoms with van der Waals surface area (Å²) < 4.78 is 0. The number of hydrogen-bond donors (Lipinski definition) is 0. The standard InChI is InChI=1S/C18H30N2/c1-10(2)15-9-20(8)14(7)16-12(5)13(6)19-18(11(3)4)17(15)16/h10-11,14-15H,9H2,1-8H3/t14-,15?/m0/s1. The number of aryl methyl sites for hydroxylation is 1. The molecule has 2 heteroatoms. The Bertz CT molecular complexity index is 503. The van der Waals surface area contributed by atoms with Crippen LogP contribution in [0.25, 0.3) is 0 Å². The molecule has 20 heavy (non-hydrogen) atoms. The molecule has 1 aromatic rings. The zero-order valence-electron chi connectivity index (χ0n) is 14.4. The first-order chi connectivity index (χ1) is 9.25. The molecule has 2 heterocycles. The second-order valence-electron chi connectivity index (χ2n) is 7.16. The van der Waals surface area contributed by atoms with Gasteiger partial charge in [0.2, 0.25) is 0 Å². The second-order valence-corrected chi connectivity index (χ2v) is 7.16. The first-order valence-corrected chi connectivity index (χ1v) is 7.96. The minimum absolute atomic E-state index is 0.499. The smallest absolute Gasteiger partial charge is 0.0471 e. The number of hydrogen-bond acceptors (Lipinski definition) is 2. The van der Waals surface area contributed by atoms with Gasteiger partial charge in [-0.2, -0.15) is 0 Å². The summed E-state index contributed by atoms with van der Waals surface area (Å²) in [7, 11) is 2.26. The maximum atomic E-state index is 4.96. The molecule has 0 saturated carbocycles. The summed E-state index contributed by atoms with van der Waals surface area (Å²) >= 11 is 0. The van der Waals surface area contributed by atoms with Gasteiger partial charge >= 0.3 is 0 Å². The van der Waals surface area contributed by atoms with Crippen molar-refractivity contribution in [1.29, 1.82) is 0 Å². The van der Waals surface area contributed by atoms with Crippen LogP contribution in [0.1, 0.15) is 80.6 Å². The molecule has 112 valence electrons. The van der Waals surface area contributed by atoms with E-state index in [1.165, 1.54) is 17.0 Å². The van der Waals surface area contributed by atoms with Crippen molar-refractivity contribution in [3.05, 3.63) is 28.1 Å². The molecular formula is C18H30N2. The highest BCUT2D eigenvalue weighted by molar-refractivity contribution is 5.46. The summed E-state index contributed by atoms with van der Waals surface area (Å²) in [5.74, 6) is 1.76. The molecule has 0 bridgehead atoms. The fourth-order valence-corrected chi connectivity index (χ4v) is 3.55. The van der Waals surface area contributed by atoms with E-state index in [9.17, 15) is 0 Å². The van der Waals surface area contributed by atoms with E-state index in [1.807, 2.05) is 0 Å². The van der Waals surface area contributed by atoms with Gasteiger partial charge in [-0.15, -0.1) is 0 Å². The molecule has 0 radical (unpaired) electrons. The zero-order chi connectivity index (χ0) is 15.2. The number of pyridine rings is 1. The normalized spacial score (nSPS) is 23.5. The Kier molecular flexibility index (Phi) is 4.24. The van der Waals surface area contributed by atoms with Crippen molar-refractivity contribution in [3.8, 4) is 0 Å². The number of fused-ring (bicyclic) bond motifs is 1. The van der Waals surface area contributed by atoms with Crippen LogP contribution in [0.5, 0.6) is 0 Å². The third-order valence-electron chi connectivity index (χ3n) is 5.09. The third-order valence-corrected chi connectivity index (χ3v) is 5.09. The Morgan fingerprint density at radius 3 is 2.20 bits per heavy atom. The van der Waals surface area contributed by atoms with Gasteiger partial charge in [0.25, 0.3) is 0 Å². The third kappa shape index (κ3) is 2.39. The zero-order valence-corrected chi connectivity index (χ0v) is 14.4. The number of nitrogens with zero attached hydrogens (tertiary/aromatic N) is 2. The molecule has 0 N–H and O–H groups in total. The molecule has 1 aromatic heterocycles. The molecule has 0 fully saturated rings. The topological polar surface area (TPSA) is 16.1 Å². The quantitative estimate of drug-likeness (QED) is 0.785. The van der Waals surface area contributed by atoms with E-state index in [0.717, 1.165) is 6.54 Å². The summed E-state index contributed by atoms with van der Waals surface area (Å²) in [6.07, 6.45) is 0. The molecular weight excluding hydrogens is 244 g/mol. The van der Waals surface area contributed by atoms with Crippen LogP contribution in [-0.2, 0) is 0 Å². The van der Waals surface area contributed by atoms with Crippen LogP contribution in [0, 0.1) is 19.8 Å². The van der Waals surface area contributed by atoms with Gasteiger partial charge < -0.3 is 0 Å². The molecule has 2 nitrogen and oxygen atoms in total. The van der Waals surface area contributed by atoms with Gasteiger partial charge in [-0.25, -0.2) is 0 Å². The van der Waals surface area contributed by atoms with Crippen LogP contribution in [0.3, 0.4) is 0 Å². The molecule has 0 aliphatic carbocycles. The Morgan fingerprint density at radius 2 is 1.70 bits per heavy atom. The van der Waals surface area contributed by atoms with Crippen LogP contribution in [-0.4, -0.2) is 23.5 Å². The molecule has 0 amide bonds. The van der Waals surface area contributed by atoms with Crippen molar-refractivity contribution in [2.45, 2.75) is 66.3 Å². The Morgan fingerprint density at radius 1 is 1.10 bits per heavy atom. The Hall–Kier alpha value is -0.890. The van der Waals surface area contributed by atoms with E-state index in [4.69, 9.17) is 4.98 Å². The van der Waals surface area contributed by atoms with E-state index >= 15 is 0 Å². The van der Waals surface area contributed by atoms with Crippen LogP contribution in [0.15, 0.2) is 0 Å². The SMILES string of the molecule is Cc1nc(C(C)C)c2c(c1C)[C@H](C)N(C)CC2C(C)C. The van der Waals surface area contributed by atoms with E-state index < -0.39 is 0 Å². The lowest BCUT2D eigenvalue weighted by atomic mass is 9.76. The maximum Gasteiger partial charge on any atom is 0.0471 e. The van der Waals surface area contributed by atoms with Crippen LogP contribution in [0.4, 0.5) is 0 Å². The van der Waals surface area contributed by atoms with Gasteiger partial charge in [0.15, 0.2) is 0 Å². The monoisotopic (exact) mass is 274 g/mol. The Labute approximate surface area is 124 Å². The summed E-state index contributed by atoms with van der Waals surface area (Å²) in [4.78, 5) is 7.46. The fraction of sp³-hybridized carbons (Fsp3) is 0.722. The van der Waals surface area contributed by atoms with Gasteiger partial charge in [0.1, 0.15) is 0 Å². The summed E-state index contributed by atoms with van der Waals surface area (Å²) in [6, 6.07) is 0.499. The fourth-order valence-electron chi connectivity index (χ4n) is 3.55. The molecule has 0 aromatic carbocycles. The molecule has 2 atom stereocenters. The number of rotatable bonds is 2. The number of likely N-dealkylation sites (N-methyl/N-ethyl adjacent to an activating group) is 1. The van der Waals surface area contributed by atoms with Crippen LogP contribution in [0.2, 0.25) is 0 Å². The molecule has 1 aliphatic heterocycles. The average Bonchev–Trinajstić information content (AvgIpc) is 2.36. The molecule has 0 spiro atoms. The van der Waals surface area contributed by atoms with Crippen molar-refractivity contribution >= 4 is 0 Å². The predicted molar refractivity (Wildman–Crippen MR) is 86.4 cm³/mol. The first-order valence-electron chi connectivity index (χ1n) is 7.96. The first kappa shape index (κ1) is 15.5. The molecule has 1 aliphatic rings. The highest BCUT2D eigenvalue weighted by Crippen LogP contribution is 2.43. The summed E-state index contributed by atoms with van der Waals surface area (Å²) in [6.45, 7) is 17.1. The van der Waals surface area contributed by atoms with Crippen molar-refractivity contribution < 1.29 is 0 Å². The lowest BCUT2D eigenvalue weighted by Crippen LogP contribution is -2.37. The van der Waals surface area contributed by atoms with Crippen molar-refractivity contribution in [2.75, 3.05) is 13.6 Å². The minimum atomic E-state index is 0.499. The lowest BCUT2D eigenvalue weighted by molar-refractivity contribution is 0.201. The maximum absolute atomic E-state index is 4.96. The van der Waals surface area contributed by atoms with E-state index in [-0.39, 0.29) is 0 Å². The van der Waals surface area contributed by atoms with Gasteiger partial charge in [-0.1, -0.05) is 27.7 Å². The van der Waals surface area contributed by atoms with E-state index in [1.54, 1.807) is 11.1 Å². The Balaban J connectivity index is 2.76. The van der Waals surface area contributed by atoms with Gasteiger partial charge in [-0.05, 0) is 56.3 Å². The average molecular weight is 274 g/mol. The minimum Gasteiger partial charge on any atom is -0.299 e. The van der Waals surface area contributed by atoms with Crippen molar-refractivity contribution in [1.82, 2.24) is 9.88 Å². The molecule has 0 saturated heterocycles. The van der Waals surface area contributed by atoms with E-state index in [2.05, 4.69) is 60.4 Å². The lowest BCUT2D eigenvalue weighted by Gasteiger charge is -2.41. The summed E-state index contributed by atoms with van der Waals surface area (Å²) in [5.41, 5.74) is 7.05. The highest BCUT2D eigenvalue weighted by Gasteiger charge is 2.35. The summed E-state index contributed by atoms with van der Waals surface area (Å²) in [5, 5.41) is 0. The highest BCUT2D eigenvalue weighted by atomic mass is 15.1. The molecule has 1 unspecified atom stereocenters. The predicted octanol–water partition coefficient (Wildman–Crippen LogP) is 4.57. The molecule has 2 rings (SSSR count).